The van der Waals surface area contributed by atoms with Crippen LogP contribution in [-0.2, 0) is 7.05 Å². The SMILES string of the molecule is Cc1ccc(-n2nc(C(=O)Nc3ccc(Cl)cc3)c3ncn(C)c(=O)c32)cc1. The molecule has 0 bridgehead atoms. The van der Waals surface area contributed by atoms with Crippen LogP contribution in [0.2, 0.25) is 5.02 Å². The minimum absolute atomic E-state index is 0.0724. The lowest BCUT2D eigenvalue weighted by atomic mass is 10.2. The molecule has 0 saturated carbocycles. The van der Waals surface area contributed by atoms with Crippen molar-refractivity contribution in [3.05, 3.63) is 81.5 Å². The molecule has 0 aliphatic rings. The number of carbonyl (C=O) groups excluding carboxylic acids is 1. The summed E-state index contributed by atoms with van der Waals surface area (Å²) < 4.78 is 2.82. The Bertz CT molecular complexity index is 1240. The molecule has 0 fully saturated rings. The van der Waals surface area contributed by atoms with Gasteiger partial charge in [0.1, 0.15) is 5.52 Å². The molecule has 2 heterocycles. The van der Waals surface area contributed by atoms with Crippen molar-refractivity contribution in [2.45, 2.75) is 6.92 Å². The third-order valence-corrected chi connectivity index (χ3v) is 4.59. The van der Waals surface area contributed by atoms with Crippen molar-refractivity contribution in [1.82, 2.24) is 19.3 Å². The van der Waals surface area contributed by atoms with Crippen LogP contribution in [0.1, 0.15) is 16.1 Å². The summed E-state index contributed by atoms with van der Waals surface area (Å²) in [6.07, 6.45) is 1.38. The van der Waals surface area contributed by atoms with Gasteiger partial charge in [-0.2, -0.15) is 5.10 Å². The number of fused-ring (bicyclic) bond motifs is 1. The summed E-state index contributed by atoms with van der Waals surface area (Å²) in [4.78, 5) is 29.9. The number of hydrogen-bond acceptors (Lipinski definition) is 4. The molecule has 2 aromatic carbocycles. The third kappa shape index (κ3) is 3.16. The molecule has 0 unspecified atom stereocenters. The lowest BCUT2D eigenvalue weighted by Gasteiger charge is -2.04. The van der Waals surface area contributed by atoms with E-state index in [0.29, 0.717) is 16.4 Å². The fourth-order valence-corrected chi connectivity index (χ4v) is 2.96. The van der Waals surface area contributed by atoms with Crippen molar-refractivity contribution in [1.29, 1.82) is 0 Å². The fraction of sp³-hybridized carbons (Fsp3) is 0.100. The van der Waals surface area contributed by atoms with Gasteiger partial charge in [-0.25, -0.2) is 9.67 Å². The number of amides is 1. The molecule has 8 heteroatoms. The number of anilines is 1. The van der Waals surface area contributed by atoms with Gasteiger partial charge in [0.15, 0.2) is 11.2 Å². The maximum Gasteiger partial charge on any atom is 0.279 e. The molecule has 1 N–H and O–H groups in total. The molecule has 0 spiro atoms. The first kappa shape index (κ1) is 17.9. The van der Waals surface area contributed by atoms with E-state index in [2.05, 4.69) is 15.4 Å². The van der Waals surface area contributed by atoms with Crippen LogP contribution < -0.4 is 10.9 Å². The molecule has 1 amide bonds. The summed E-state index contributed by atoms with van der Waals surface area (Å²) >= 11 is 5.88. The monoisotopic (exact) mass is 393 g/mol. The smallest absolute Gasteiger partial charge is 0.279 e. The number of aromatic nitrogens is 4. The highest BCUT2D eigenvalue weighted by Gasteiger charge is 2.22. The molecular formula is C20H16ClN5O2. The number of carbonyl (C=O) groups is 1. The van der Waals surface area contributed by atoms with Crippen LogP contribution in [0.4, 0.5) is 5.69 Å². The van der Waals surface area contributed by atoms with E-state index < -0.39 is 5.91 Å². The molecule has 140 valence electrons. The van der Waals surface area contributed by atoms with Crippen LogP contribution in [0.15, 0.2) is 59.7 Å². The molecule has 4 aromatic rings. The Morgan fingerprint density at radius 3 is 2.43 bits per heavy atom. The van der Waals surface area contributed by atoms with Gasteiger partial charge in [-0.3, -0.25) is 9.59 Å². The van der Waals surface area contributed by atoms with Gasteiger partial charge in [0.05, 0.1) is 12.0 Å². The number of nitrogens with zero attached hydrogens (tertiary/aromatic N) is 4. The Labute approximate surface area is 165 Å². The summed E-state index contributed by atoms with van der Waals surface area (Å²) in [5.74, 6) is -0.459. The Morgan fingerprint density at radius 2 is 1.75 bits per heavy atom. The first-order chi connectivity index (χ1) is 13.4. The van der Waals surface area contributed by atoms with Crippen molar-refractivity contribution >= 4 is 34.2 Å². The number of nitrogens with one attached hydrogen (secondary N) is 1. The van der Waals surface area contributed by atoms with E-state index in [9.17, 15) is 9.59 Å². The summed E-state index contributed by atoms with van der Waals surface area (Å²) in [5.41, 5.74) is 2.59. The Balaban J connectivity index is 1.86. The van der Waals surface area contributed by atoms with Crippen LogP contribution in [0.5, 0.6) is 0 Å². The van der Waals surface area contributed by atoms with Crippen molar-refractivity contribution in [3.8, 4) is 5.69 Å². The van der Waals surface area contributed by atoms with E-state index in [4.69, 9.17) is 11.6 Å². The van der Waals surface area contributed by atoms with Gasteiger partial charge in [0, 0.05) is 17.8 Å². The summed E-state index contributed by atoms with van der Waals surface area (Å²) in [7, 11) is 1.61. The van der Waals surface area contributed by atoms with Crippen molar-refractivity contribution in [2.75, 3.05) is 5.32 Å². The molecule has 28 heavy (non-hydrogen) atoms. The van der Waals surface area contributed by atoms with Gasteiger partial charge in [-0.05, 0) is 43.3 Å². The number of rotatable bonds is 3. The van der Waals surface area contributed by atoms with E-state index in [-0.39, 0.29) is 22.3 Å². The number of halogens is 1. The highest BCUT2D eigenvalue weighted by molar-refractivity contribution is 6.30. The van der Waals surface area contributed by atoms with E-state index in [1.54, 1.807) is 31.3 Å². The number of hydrogen-bond donors (Lipinski definition) is 1. The van der Waals surface area contributed by atoms with Gasteiger partial charge in [-0.1, -0.05) is 29.3 Å². The quantitative estimate of drug-likeness (QED) is 0.578. The highest BCUT2D eigenvalue weighted by Crippen LogP contribution is 2.20. The van der Waals surface area contributed by atoms with E-state index in [1.165, 1.54) is 15.6 Å². The summed E-state index contributed by atoms with van der Waals surface area (Å²) in [6.45, 7) is 1.97. The second kappa shape index (κ2) is 6.94. The maximum absolute atomic E-state index is 12.8. The molecule has 0 radical (unpaired) electrons. The molecular weight excluding hydrogens is 378 g/mol. The number of aryl methyl sites for hydroxylation is 2. The minimum atomic E-state index is -0.459. The zero-order valence-corrected chi connectivity index (χ0v) is 15.9. The zero-order chi connectivity index (χ0) is 19.8. The van der Waals surface area contributed by atoms with Gasteiger partial charge < -0.3 is 9.88 Å². The predicted molar refractivity (Wildman–Crippen MR) is 108 cm³/mol. The molecule has 0 aliphatic heterocycles. The average Bonchev–Trinajstić information content (AvgIpc) is 3.07. The first-order valence-corrected chi connectivity index (χ1v) is 8.90. The average molecular weight is 394 g/mol. The van der Waals surface area contributed by atoms with Gasteiger partial charge in [-0.15, -0.1) is 0 Å². The Morgan fingerprint density at radius 1 is 1.07 bits per heavy atom. The van der Waals surface area contributed by atoms with Gasteiger partial charge in [0.2, 0.25) is 0 Å². The molecule has 0 saturated heterocycles. The highest BCUT2D eigenvalue weighted by atomic mass is 35.5. The van der Waals surface area contributed by atoms with Crippen molar-refractivity contribution in [2.24, 2.45) is 7.05 Å². The van der Waals surface area contributed by atoms with Crippen LogP contribution in [0.3, 0.4) is 0 Å². The van der Waals surface area contributed by atoms with Crippen molar-refractivity contribution in [3.63, 3.8) is 0 Å². The summed E-state index contributed by atoms with van der Waals surface area (Å²) in [5, 5.41) is 7.74. The zero-order valence-electron chi connectivity index (χ0n) is 15.2. The molecule has 0 atom stereocenters. The van der Waals surface area contributed by atoms with Gasteiger partial charge in [0.25, 0.3) is 11.5 Å². The largest absolute Gasteiger partial charge is 0.321 e. The normalized spacial score (nSPS) is 11.0. The lowest BCUT2D eigenvalue weighted by molar-refractivity contribution is 0.102. The van der Waals surface area contributed by atoms with Gasteiger partial charge >= 0.3 is 0 Å². The Kier molecular flexibility index (Phi) is 4.44. The molecule has 7 nitrogen and oxygen atoms in total. The fourth-order valence-electron chi connectivity index (χ4n) is 2.84. The van der Waals surface area contributed by atoms with Crippen LogP contribution in [0.25, 0.3) is 16.7 Å². The molecule has 0 aliphatic carbocycles. The third-order valence-electron chi connectivity index (χ3n) is 4.34. The maximum atomic E-state index is 12.8. The van der Waals surface area contributed by atoms with E-state index >= 15 is 0 Å². The predicted octanol–water partition coefficient (Wildman–Crippen LogP) is 3.33. The number of benzene rings is 2. The summed E-state index contributed by atoms with van der Waals surface area (Å²) in [6, 6.07) is 14.2. The van der Waals surface area contributed by atoms with E-state index in [0.717, 1.165) is 5.56 Å². The lowest BCUT2D eigenvalue weighted by Crippen LogP contribution is -2.19. The second-order valence-electron chi connectivity index (χ2n) is 6.41. The Hall–Kier alpha value is -3.45. The minimum Gasteiger partial charge on any atom is -0.321 e. The van der Waals surface area contributed by atoms with Crippen molar-refractivity contribution < 1.29 is 4.79 Å². The molecule has 4 rings (SSSR count). The first-order valence-electron chi connectivity index (χ1n) is 8.52. The second-order valence-corrected chi connectivity index (χ2v) is 6.85. The standard InChI is InChI=1S/C20H16ClN5O2/c1-12-3-9-15(10-4-12)26-18-16(22-11-25(2)20(18)28)17(24-26)19(27)23-14-7-5-13(21)6-8-14/h3-11H,1-2H3,(H,23,27). The topological polar surface area (TPSA) is 81.8 Å². The van der Waals surface area contributed by atoms with Crippen LogP contribution >= 0.6 is 11.6 Å². The van der Waals surface area contributed by atoms with E-state index in [1.807, 2.05) is 31.2 Å². The molecule has 2 aromatic heterocycles. The van der Waals surface area contributed by atoms with Crippen LogP contribution in [-0.4, -0.2) is 25.2 Å². The van der Waals surface area contributed by atoms with Crippen LogP contribution in [0, 0.1) is 6.92 Å².